The summed E-state index contributed by atoms with van der Waals surface area (Å²) < 4.78 is 5.04. The van der Waals surface area contributed by atoms with Crippen LogP contribution in [0.25, 0.3) is 103 Å². The highest BCUT2D eigenvalue weighted by molar-refractivity contribution is 7.27. The third kappa shape index (κ3) is 4.36. The zero-order chi connectivity index (χ0) is 34.2. The van der Waals surface area contributed by atoms with E-state index in [9.17, 15) is 0 Å². The molecule has 4 nitrogen and oxygen atoms in total. The molecule has 52 heavy (non-hydrogen) atoms. The molecule has 0 atom stereocenters. The molecule has 0 aliphatic carbocycles. The number of thiophene rings is 1. The molecule has 0 aliphatic heterocycles. The number of hydrogen-bond acceptors (Lipinski definition) is 4. The van der Waals surface area contributed by atoms with Crippen LogP contribution in [0.5, 0.6) is 0 Å². The predicted molar refractivity (Wildman–Crippen MR) is 218 cm³/mol. The van der Waals surface area contributed by atoms with Gasteiger partial charge in [-0.2, -0.15) is 0 Å². The van der Waals surface area contributed by atoms with Crippen LogP contribution in [-0.2, 0) is 0 Å². The SMILES string of the molecule is c1ccc(-c2nc(-c3ccccc3)nc(-c3cccc(-n4c5ccccc5c5c6c(ccc54)sc4c5ccccc5c5ccccc5c46)c3)n2)cc1. The van der Waals surface area contributed by atoms with E-state index >= 15 is 0 Å². The van der Waals surface area contributed by atoms with Crippen molar-refractivity contribution in [2.75, 3.05) is 0 Å². The van der Waals surface area contributed by atoms with Crippen molar-refractivity contribution in [1.82, 2.24) is 19.5 Å². The van der Waals surface area contributed by atoms with Gasteiger partial charge in [-0.25, -0.2) is 15.0 Å². The third-order valence-corrected chi connectivity index (χ3v) is 11.4. The number of para-hydroxylation sites is 1. The van der Waals surface area contributed by atoms with Gasteiger partial charge in [-0.05, 0) is 46.5 Å². The van der Waals surface area contributed by atoms with E-state index < -0.39 is 0 Å². The lowest BCUT2D eigenvalue weighted by atomic mass is 9.96. The zero-order valence-electron chi connectivity index (χ0n) is 27.9. The van der Waals surface area contributed by atoms with E-state index in [1.54, 1.807) is 0 Å². The average Bonchev–Trinajstić information content (AvgIpc) is 3.78. The summed E-state index contributed by atoms with van der Waals surface area (Å²) in [6.45, 7) is 0. The monoisotopic (exact) mass is 680 g/mol. The highest BCUT2D eigenvalue weighted by Gasteiger charge is 2.21. The summed E-state index contributed by atoms with van der Waals surface area (Å²) in [6.07, 6.45) is 0. The number of fused-ring (bicyclic) bond motifs is 12. The summed E-state index contributed by atoms with van der Waals surface area (Å²) in [5.74, 6) is 1.94. The molecule has 0 bridgehead atoms. The molecule has 0 N–H and O–H groups in total. The van der Waals surface area contributed by atoms with Gasteiger partial charge >= 0.3 is 0 Å². The number of hydrogen-bond donors (Lipinski definition) is 0. The van der Waals surface area contributed by atoms with Crippen molar-refractivity contribution >= 4 is 74.9 Å². The molecule has 0 saturated carbocycles. The fourth-order valence-electron chi connectivity index (χ4n) is 7.95. The molecule has 11 aromatic rings. The Kier molecular flexibility index (Phi) is 6.39. The molecule has 0 spiro atoms. The largest absolute Gasteiger partial charge is 0.309 e. The fourth-order valence-corrected chi connectivity index (χ4v) is 9.21. The molecule has 0 amide bonds. The Morgan fingerprint density at radius 2 is 0.904 bits per heavy atom. The Balaban J connectivity index is 1.18. The highest BCUT2D eigenvalue weighted by atomic mass is 32.1. The molecule has 8 aromatic carbocycles. The second-order valence-electron chi connectivity index (χ2n) is 13.2. The molecule has 0 saturated heterocycles. The van der Waals surface area contributed by atoms with E-state index in [-0.39, 0.29) is 0 Å². The fraction of sp³-hybridized carbons (Fsp3) is 0. The van der Waals surface area contributed by atoms with E-state index in [1.165, 1.54) is 58.0 Å². The Labute approximate surface area is 302 Å². The lowest BCUT2D eigenvalue weighted by Gasteiger charge is -2.11. The van der Waals surface area contributed by atoms with Crippen LogP contribution in [0.15, 0.2) is 170 Å². The molecule has 11 rings (SSSR count). The maximum absolute atomic E-state index is 5.04. The summed E-state index contributed by atoms with van der Waals surface area (Å²) in [5.41, 5.74) is 6.23. The molecule has 3 heterocycles. The van der Waals surface area contributed by atoms with Crippen LogP contribution < -0.4 is 0 Å². The zero-order valence-corrected chi connectivity index (χ0v) is 28.7. The van der Waals surface area contributed by atoms with Crippen LogP contribution in [0, 0.1) is 0 Å². The van der Waals surface area contributed by atoms with Crippen molar-refractivity contribution in [3.05, 3.63) is 170 Å². The molecule has 0 radical (unpaired) electrons. The van der Waals surface area contributed by atoms with Gasteiger partial charge in [0.2, 0.25) is 0 Å². The highest BCUT2D eigenvalue weighted by Crippen LogP contribution is 2.48. The Morgan fingerprint density at radius 3 is 1.60 bits per heavy atom. The molecule has 0 fully saturated rings. The lowest BCUT2D eigenvalue weighted by molar-refractivity contribution is 1.07. The van der Waals surface area contributed by atoms with E-state index in [0.717, 1.165) is 27.9 Å². The van der Waals surface area contributed by atoms with E-state index in [1.807, 2.05) is 72.0 Å². The van der Waals surface area contributed by atoms with Crippen molar-refractivity contribution in [3.8, 4) is 39.9 Å². The summed E-state index contributed by atoms with van der Waals surface area (Å²) in [5, 5.41) is 10.4. The summed E-state index contributed by atoms with van der Waals surface area (Å²) in [6, 6.07) is 60.0. The van der Waals surface area contributed by atoms with Crippen LogP contribution in [-0.4, -0.2) is 19.5 Å². The van der Waals surface area contributed by atoms with Gasteiger partial charge < -0.3 is 4.57 Å². The van der Waals surface area contributed by atoms with Gasteiger partial charge in [-0.1, -0.05) is 140 Å². The average molecular weight is 681 g/mol. The van der Waals surface area contributed by atoms with Crippen molar-refractivity contribution in [1.29, 1.82) is 0 Å². The quantitative estimate of drug-likeness (QED) is 0.174. The summed E-state index contributed by atoms with van der Waals surface area (Å²) >= 11 is 1.90. The first-order chi connectivity index (χ1) is 25.8. The Hall–Kier alpha value is -6.69. The van der Waals surface area contributed by atoms with E-state index in [0.29, 0.717) is 17.5 Å². The van der Waals surface area contributed by atoms with Crippen molar-refractivity contribution in [2.24, 2.45) is 0 Å². The van der Waals surface area contributed by atoms with Crippen LogP contribution >= 0.6 is 11.3 Å². The maximum atomic E-state index is 5.04. The lowest BCUT2D eigenvalue weighted by Crippen LogP contribution is -2.01. The molecule has 5 heteroatoms. The predicted octanol–water partition coefficient (Wildman–Crippen LogP) is 12.6. The normalized spacial score (nSPS) is 11.8. The second-order valence-corrected chi connectivity index (χ2v) is 14.2. The minimum Gasteiger partial charge on any atom is -0.309 e. The van der Waals surface area contributed by atoms with Gasteiger partial charge in [-0.3, -0.25) is 0 Å². The number of aromatic nitrogens is 4. The first-order valence-electron chi connectivity index (χ1n) is 17.5. The van der Waals surface area contributed by atoms with Crippen LogP contribution in [0.3, 0.4) is 0 Å². The van der Waals surface area contributed by atoms with Gasteiger partial charge in [-0.15, -0.1) is 11.3 Å². The van der Waals surface area contributed by atoms with Crippen molar-refractivity contribution in [2.45, 2.75) is 0 Å². The molecular formula is C47H28N4S. The third-order valence-electron chi connectivity index (χ3n) is 10.2. The number of rotatable bonds is 4. The topological polar surface area (TPSA) is 43.6 Å². The van der Waals surface area contributed by atoms with Gasteiger partial charge in [0.15, 0.2) is 17.5 Å². The minimum absolute atomic E-state index is 0.639. The van der Waals surface area contributed by atoms with Crippen LogP contribution in [0.1, 0.15) is 0 Å². The standard InChI is InChI=1S/C47H28N4S/c1-3-14-29(15-4-1)45-48-46(30-16-5-2-6-17-30)50-47(49-45)31-18-13-19-32(28-31)51-38-25-12-11-24-37(38)41-39(51)26-27-40-43(41)42-35-22-9-7-20-33(35)34-21-8-10-23-36(34)44(42)52-40/h1-28H. The molecule has 0 unspecified atom stereocenters. The second kappa shape index (κ2) is 11.4. The van der Waals surface area contributed by atoms with E-state index in [2.05, 4.69) is 114 Å². The van der Waals surface area contributed by atoms with Gasteiger partial charge in [0, 0.05) is 58.7 Å². The van der Waals surface area contributed by atoms with Crippen molar-refractivity contribution in [3.63, 3.8) is 0 Å². The summed E-state index contributed by atoms with van der Waals surface area (Å²) in [7, 11) is 0. The van der Waals surface area contributed by atoms with E-state index in [4.69, 9.17) is 15.0 Å². The van der Waals surface area contributed by atoms with Crippen molar-refractivity contribution < 1.29 is 0 Å². The Bertz CT molecular complexity index is 3120. The first-order valence-corrected chi connectivity index (χ1v) is 18.3. The van der Waals surface area contributed by atoms with Gasteiger partial charge in [0.1, 0.15) is 0 Å². The summed E-state index contributed by atoms with van der Waals surface area (Å²) in [4.78, 5) is 15.0. The van der Waals surface area contributed by atoms with Crippen LogP contribution in [0.2, 0.25) is 0 Å². The van der Waals surface area contributed by atoms with Gasteiger partial charge in [0.25, 0.3) is 0 Å². The van der Waals surface area contributed by atoms with Gasteiger partial charge in [0.05, 0.1) is 11.0 Å². The molecular weight excluding hydrogens is 653 g/mol. The molecule has 3 aromatic heterocycles. The van der Waals surface area contributed by atoms with Crippen LogP contribution in [0.4, 0.5) is 0 Å². The number of benzene rings is 8. The molecule has 0 aliphatic rings. The first kappa shape index (κ1) is 29.1. The Morgan fingerprint density at radius 1 is 0.365 bits per heavy atom. The minimum atomic E-state index is 0.639. The smallest absolute Gasteiger partial charge is 0.164 e. The molecule has 242 valence electrons. The number of nitrogens with zero attached hydrogens (tertiary/aromatic N) is 4. The maximum Gasteiger partial charge on any atom is 0.164 e.